The van der Waals surface area contributed by atoms with Gasteiger partial charge in [0.15, 0.2) is 0 Å². The molecule has 1 fully saturated rings. The molecular weight excluding hydrogens is 276 g/mol. The molecule has 4 heteroatoms. The number of carbonyl (C=O) groups excluding carboxylic acids is 1. The largest absolute Gasteiger partial charge is 0.444 e. The first kappa shape index (κ1) is 16.8. The fraction of sp³-hybridized carbons (Fsp3) is 0.611. The van der Waals surface area contributed by atoms with Crippen molar-refractivity contribution >= 4 is 6.09 Å². The smallest absolute Gasteiger partial charge is 0.407 e. The minimum Gasteiger partial charge on any atom is -0.444 e. The first-order valence-electron chi connectivity index (χ1n) is 8.11. The Bertz CT molecular complexity index is 476. The summed E-state index contributed by atoms with van der Waals surface area (Å²) in [4.78, 5) is 11.7. The molecule has 0 aromatic heterocycles. The molecule has 1 aromatic carbocycles. The maximum absolute atomic E-state index is 11.7. The van der Waals surface area contributed by atoms with E-state index < -0.39 is 5.60 Å². The van der Waals surface area contributed by atoms with Gasteiger partial charge in [-0.3, -0.25) is 0 Å². The Morgan fingerprint density at radius 2 is 1.86 bits per heavy atom. The molecule has 0 radical (unpaired) electrons. The zero-order valence-electron chi connectivity index (χ0n) is 14.1. The van der Waals surface area contributed by atoms with Crippen molar-refractivity contribution in [3.05, 3.63) is 35.9 Å². The van der Waals surface area contributed by atoms with Crippen LogP contribution in [0.15, 0.2) is 30.3 Å². The normalized spacial score (nSPS) is 22.5. The van der Waals surface area contributed by atoms with Crippen molar-refractivity contribution < 1.29 is 9.53 Å². The van der Waals surface area contributed by atoms with Crippen molar-refractivity contribution in [2.75, 3.05) is 6.54 Å². The molecular formula is C18H28N2O2. The monoisotopic (exact) mass is 304 g/mol. The van der Waals surface area contributed by atoms with E-state index in [1.54, 1.807) is 0 Å². The summed E-state index contributed by atoms with van der Waals surface area (Å²) in [5.74, 6) is 0.499. The van der Waals surface area contributed by atoms with Gasteiger partial charge in [-0.1, -0.05) is 37.3 Å². The summed E-state index contributed by atoms with van der Waals surface area (Å²) in [6, 6.07) is 11.3. The molecule has 4 nitrogen and oxygen atoms in total. The Kier molecular flexibility index (Phi) is 5.46. The van der Waals surface area contributed by atoms with E-state index in [1.807, 2.05) is 26.8 Å². The van der Waals surface area contributed by atoms with Gasteiger partial charge < -0.3 is 15.4 Å². The number of alkyl carbamates (subject to hydrolysis) is 1. The fourth-order valence-electron chi connectivity index (χ4n) is 2.62. The van der Waals surface area contributed by atoms with E-state index in [2.05, 4.69) is 41.8 Å². The number of ether oxygens (including phenoxy) is 1. The van der Waals surface area contributed by atoms with Crippen LogP contribution >= 0.6 is 0 Å². The second kappa shape index (κ2) is 7.14. The molecule has 0 spiro atoms. The van der Waals surface area contributed by atoms with Crippen LogP contribution in [0.1, 0.15) is 52.0 Å². The van der Waals surface area contributed by atoms with Crippen LogP contribution in [0.4, 0.5) is 4.79 Å². The van der Waals surface area contributed by atoms with Crippen molar-refractivity contribution in [3.63, 3.8) is 0 Å². The number of carbonyl (C=O) groups is 1. The first-order chi connectivity index (χ1) is 10.3. The molecule has 1 amide bonds. The Morgan fingerprint density at radius 3 is 2.45 bits per heavy atom. The average Bonchev–Trinajstić information content (AvgIpc) is 2.39. The topological polar surface area (TPSA) is 50.4 Å². The molecule has 1 saturated carbocycles. The van der Waals surface area contributed by atoms with Crippen molar-refractivity contribution in [1.29, 1.82) is 0 Å². The molecule has 22 heavy (non-hydrogen) atoms. The van der Waals surface area contributed by atoms with E-state index >= 15 is 0 Å². The number of benzene rings is 1. The van der Waals surface area contributed by atoms with Gasteiger partial charge in [0.05, 0.1) is 0 Å². The van der Waals surface area contributed by atoms with Gasteiger partial charge in [0.1, 0.15) is 5.60 Å². The summed E-state index contributed by atoms with van der Waals surface area (Å²) >= 11 is 0. The fourth-order valence-corrected chi connectivity index (χ4v) is 2.62. The van der Waals surface area contributed by atoms with Gasteiger partial charge >= 0.3 is 6.09 Å². The molecule has 0 saturated heterocycles. The van der Waals surface area contributed by atoms with Crippen LogP contribution in [0.2, 0.25) is 0 Å². The minimum absolute atomic E-state index is 0.236. The third kappa shape index (κ3) is 5.34. The van der Waals surface area contributed by atoms with Gasteiger partial charge in [-0.05, 0) is 45.1 Å². The highest BCUT2D eigenvalue weighted by Crippen LogP contribution is 2.22. The van der Waals surface area contributed by atoms with Crippen LogP contribution in [-0.4, -0.2) is 30.3 Å². The van der Waals surface area contributed by atoms with Gasteiger partial charge in [-0.2, -0.15) is 0 Å². The van der Waals surface area contributed by atoms with Gasteiger partial charge in [-0.25, -0.2) is 4.79 Å². The number of hydrogen-bond acceptors (Lipinski definition) is 3. The highest BCUT2D eigenvalue weighted by molar-refractivity contribution is 5.68. The van der Waals surface area contributed by atoms with Gasteiger partial charge in [-0.15, -0.1) is 0 Å². The summed E-state index contributed by atoms with van der Waals surface area (Å²) in [7, 11) is 0. The molecule has 0 bridgehead atoms. The lowest BCUT2D eigenvalue weighted by molar-refractivity contribution is 0.0465. The molecule has 1 aliphatic carbocycles. The van der Waals surface area contributed by atoms with Crippen LogP contribution in [0.5, 0.6) is 0 Å². The highest BCUT2D eigenvalue weighted by Gasteiger charge is 2.31. The average molecular weight is 304 g/mol. The highest BCUT2D eigenvalue weighted by atomic mass is 16.6. The summed E-state index contributed by atoms with van der Waals surface area (Å²) < 4.78 is 5.26. The lowest BCUT2D eigenvalue weighted by Gasteiger charge is -2.37. The number of nitrogens with one attached hydrogen (secondary N) is 2. The molecule has 1 aromatic rings. The zero-order chi connectivity index (χ0) is 16.2. The molecule has 2 rings (SSSR count). The first-order valence-corrected chi connectivity index (χ1v) is 8.11. The van der Waals surface area contributed by atoms with Crippen LogP contribution in [-0.2, 0) is 4.74 Å². The van der Waals surface area contributed by atoms with Gasteiger partial charge in [0.25, 0.3) is 0 Å². The third-order valence-corrected chi connectivity index (χ3v) is 3.94. The summed E-state index contributed by atoms with van der Waals surface area (Å²) in [6.07, 6.45) is 1.63. The second-order valence-corrected chi connectivity index (χ2v) is 7.23. The SMILES string of the molecule is CC(CNC1CC(NC(=O)OC(C)(C)C)C1)c1ccccc1. The molecule has 122 valence electrons. The van der Waals surface area contributed by atoms with Crippen LogP contribution in [0.3, 0.4) is 0 Å². The van der Waals surface area contributed by atoms with Crippen molar-refractivity contribution in [3.8, 4) is 0 Å². The molecule has 1 atom stereocenters. The van der Waals surface area contributed by atoms with E-state index in [1.165, 1.54) is 5.56 Å². The zero-order valence-corrected chi connectivity index (χ0v) is 14.1. The minimum atomic E-state index is -0.434. The van der Waals surface area contributed by atoms with Crippen molar-refractivity contribution in [2.24, 2.45) is 0 Å². The lowest BCUT2D eigenvalue weighted by Crippen LogP contribution is -2.53. The van der Waals surface area contributed by atoms with Crippen LogP contribution in [0, 0.1) is 0 Å². The molecule has 1 aliphatic rings. The summed E-state index contributed by atoms with van der Waals surface area (Å²) in [5.41, 5.74) is 0.925. The Labute approximate surface area is 133 Å². The quantitative estimate of drug-likeness (QED) is 0.876. The number of rotatable bonds is 5. The van der Waals surface area contributed by atoms with E-state index in [-0.39, 0.29) is 12.1 Å². The van der Waals surface area contributed by atoms with Gasteiger partial charge in [0.2, 0.25) is 0 Å². The van der Waals surface area contributed by atoms with Crippen LogP contribution in [0.25, 0.3) is 0 Å². The van der Waals surface area contributed by atoms with Gasteiger partial charge in [0, 0.05) is 18.6 Å². The molecule has 0 aliphatic heterocycles. The summed E-state index contributed by atoms with van der Waals surface area (Å²) in [6.45, 7) is 8.83. The standard InChI is InChI=1S/C18H28N2O2/c1-13(14-8-6-5-7-9-14)12-19-15-10-16(11-15)20-17(21)22-18(2,3)4/h5-9,13,15-16,19H,10-12H2,1-4H3,(H,20,21). The Hall–Kier alpha value is -1.55. The van der Waals surface area contributed by atoms with Crippen LogP contribution < -0.4 is 10.6 Å². The van der Waals surface area contributed by atoms with E-state index in [9.17, 15) is 4.79 Å². The maximum Gasteiger partial charge on any atom is 0.407 e. The molecule has 1 unspecified atom stereocenters. The number of hydrogen-bond donors (Lipinski definition) is 2. The second-order valence-electron chi connectivity index (χ2n) is 7.23. The van der Waals surface area contributed by atoms with E-state index in [0.717, 1.165) is 19.4 Å². The van der Waals surface area contributed by atoms with Crippen molar-refractivity contribution in [1.82, 2.24) is 10.6 Å². The predicted octanol–water partition coefficient (Wildman–Crippen LogP) is 3.44. The predicted molar refractivity (Wildman–Crippen MR) is 89.0 cm³/mol. The Morgan fingerprint density at radius 1 is 1.23 bits per heavy atom. The van der Waals surface area contributed by atoms with E-state index in [4.69, 9.17) is 4.74 Å². The molecule has 2 N–H and O–H groups in total. The molecule has 0 heterocycles. The van der Waals surface area contributed by atoms with Crippen molar-refractivity contribution in [2.45, 2.75) is 64.1 Å². The summed E-state index contributed by atoms with van der Waals surface area (Å²) in [5, 5.41) is 6.50. The number of amides is 1. The van der Waals surface area contributed by atoms with E-state index in [0.29, 0.717) is 12.0 Å². The third-order valence-electron chi connectivity index (χ3n) is 3.94. The lowest BCUT2D eigenvalue weighted by atomic mass is 9.86. The maximum atomic E-state index is 11.7. The Balaban J connectivity index is 1.62.